The Balaban J connectivity index is 1.98. The molecular weight excluding hydrogens is 330 g/mol. The lowest BCUT2D eigenvalue weighted by Gasteiger charge is -2.07. The van der Waals surface area contributed by atoms with E-state index < -0.39 is 4.92 Å². The fourth-order valence-corrected chi connectivity index (χ4v) is 2.98. The van der Waals surface area contributed by atoms with E-state index in [-0.39, 0.29) is 16.0 Å². The molecule has 24 heavy (non-hydrogen) atoms. The highest BCUT2D eigenvalue weighted by Crippen LogP contribution is 2.34. The molecule has 4 rings (SSSR count). The zero-order valence-corrected chi connectivity index (χ0v) is 13.3. The van der Waals surface area contributed by atoms with Crippen LogP contribution < -0.4 is 5.56 Å². The summed E-state index contributed by atoms with van der Waals surface area (Å²) in [5.74, 6) is 1.03. The largest absolute Gasteiger partial charge is 0.318 e. The molecule has 0 saturated heterocycles. The van der Waals surface area contributed by atoms with E-state index in [1.54, 1.807) is 12.1 Å². The van der Waals surface area contributed by atoms with Crippen LogP contribution in [0.1, 0.15) is 12.8 Å². The van der Waals surface area contributed by atoms with Crippen molar-refractivity contribution in [1.29, 1.82) is 0 Å². The molecular formula is C15H13N5O3S. The molecule has 0 atom stereocenters. The van der Waals surface area contributed by atoms with Crippen molar-refractivity contribution in [3.63, 3.8) is 0 Å². The molecule has 0 bridgehead atoms. The van der Waals surface area contributed by atoms with Gasteiger partial charge in [0.05, 0.1) is 4.92 Å². The average Bonchev–Trinajstić information content (AvgIpc) is 3.28. The number of aromatic nitrogens is 4. The summed E-state index contributed by atoms with van der Waals surface area (Å²) in [5, 5.41) is 11.0. The summed E-state index contributed by atoms with van der Waals surface area (Å²) in [6.45, 7) is 0.655. The highest BCUT2D eigenvalue weighted by molar-refractivity contribution is 7.71. The van der Waals surface area contributed by atoms with Gasteiger partial charge in [-0.05, 0) is 31.0 Å². The molecule has 0 amide bonds. The van der Waals surface area contributed by atoms with Crippen LogP contribution in [0.15, 0.2) is 29.1 Å². The van der Waals surface area contributed by atoms with E-state index in [0.29, 0.717) is 35.0 Å². The molecule has 1 saturated carbocycles. The van der Waals surface area contributed by atoms with E-state index in [1.165, 1.54) is 12.1 Å². The molecule has 2 aromatic heterocycles. The molecule has 1 aliphatic rings. The first kappa shape index (κ1) is 14.8. The van der Waals surface area contributed by atoms with Crippen LogP contribution in [0.5, 0.6) is 0 Å². The Hall–Kier alpha value is -2.81. The number of non-ortho nitro benzene ring substituents is 1. The molecule has 3 aromatic rings. The summed E-state index contributed by atoms with van der Waals surface area (Å²) in [7, 11) is 0. The Morgan fingerprint density at radius 2 is 2.17 bits per heavy atom. The Kier molecular flexibility index (Phi) is 3.31. The zero-order chi connectivity index (χ0) is 16.8. The van der Waals surface area contributed by atoms with Crippen molar-refractivity contribution in [2.24, 2.45) is 5.92 Å². The average molecular weight is 343 g/mol. The number of aromatic amines is 2. The highest BCUT2D eigenvalue weighted by Gasteiger charge is 2.26. The van der Waals surface area contributed by atoms with Crippen molar-refractivity contribution in [1.82, 2.24) is 19.5 Å². The van der Waals surface area contributed by atoms with E-state index in [2.05, 4.69) is 15.0 Å². The number of nitro benzene ring substituents is 1. The fraction of sp³-hybridized carbons (Fsp3) is 0.267. The topological polar surface area (TPSA) is 110 Å². The first-order valence-electron chi connectivity index (χ1n) is 7.50. The minimum Gasteiger partial charge on any atom is -0.318 e. The lowest BCUT2D eigenvalue weighted by Crippen LogP contribution is -2.13. The number of nitrogens with one attached hydrogen (secondary N) is 2. The first-order valence-corrected chi connectivity index (χ1v) is 7.91. The van der Waals surface area contributed by atoms with Crippen LogP contribution in [-0.2, 0) is 6.54 Å². The third-order valence-electron chi connectivity index (χ3n) is 4.09. The van der Waals surface area contributed by atoms with Crippen molar-refractivity contribution in [2.45, 2.75) is 19.4 Å². The van der Waals surface area contributed by atoms with Gasteiger partial charge in [-0.3, -0.25) is 19.9 Å². The van der Waals surface area contributed by atoms with Gasteiger partial charge in [0.1, 0.15) is 5.82 Å². The molecule has 9 heteroatoms. The molecule has 2 N–H and O–H groups in total. The molecule has 0 spiro atoms. The molecule has 8 nitrogen and oxygen atoms in total. The van der Waals surface area contributed by atoms with Crippen LogP contribution in [-0.4, -0.2) is 24.4 Å². The maximum Gasteiger partial charge on any atom is 0.277 e. The summed E-state index contributed by atoms with van der Waals surface area (Å²) in [5.41, 5.74) is 1.08. The second-order valence-electron chi connectivity index (χ2n) is 5.90. The van der Waals surface area contributed by atoms with Crippen LogP contribution in [0.4, 0.5) is 5.69 Å². The quantitative estimate of drug-likeness (QED) is 0.430. The Morgan fingerprint density at radius 1 is 1.38 bits per heavy atom. The predicted octanol–water partition coefficient (Wildman–Crippen LogP) is 2.77. The smallest absolute Gasteiger partial charge is 0.277 e. The summed E-state index contributed by atoms with van der Waals surface area (Å²) in [6.07, 6.45) is 2.21. The van der Waals surface area contributed by atoms with E-state index in [1.807, 2.05) is 4.57 Å². The number of hydrogen-bond acceptors (Lipinski definition) is 5. The van der Waals surface area contributed by atoms with Gasteiger partial charge in [-0.15, -0.1) is 0 Å². The summed E-state index contributed by atoms with van der Waals surface area (Å²) in [4.78, 5) is 32.9. The number of benzene rings is 1. The normalized spacial score (nSPS) is 14.2. The molecule has 1 fully saturated rings. The lowest BCUT2D eigenvalue weighted by molar-refractivity contribution is -0.384. The molecule has 1 aromatic carbocycles. The Morgan fingerprint density at radius 3 is 2.88 bits per heavy atom. The number of H-pyrrole nitrogens is 2. The number of rotatable bonds is 4. The second-order valence-corrected chi connectivity index (χ2v) is 6.31. The van der Waals surface area contributed by atoms with Gasteiger partial charge in [0, 0.05) is 24.2 Å². The maximum atomic E-state index is 12.3. The van der Waals surface area contributed by atoms with Gasteiger partial charge in [-0.25, -0.2) is 4.98 Å². The Bertz CT molecular complexity index is 1080. The number of fused-ring (bicyclic) bond motifs is 1. The number of hydrogen-bond donors (Lipinski definition) is 2. The van der Waals surface area contributed by atoms with E-state index >= 15 is 0 Å². The van der Waals surface area contributed by atoms with Crippen molar-refractivity contribution >= 4 is 29.1 Å². The number of nitro groups is 1. The fourth-order valence-electron chi connectivity index (χ4n) is 2.79. The number of imidazole rings is 1. The molecule has 122 valence electrons. The van der Waals surface area contributed by atoms with Gasteiger partial charge in [0.2, 0.25) is 0 Å². The van der Waals surface area contributed by atoms with Crippen molar-refractivity contribution in [3.8, 4) is 11.4 Å². The minimum atomic E-state index is -0.447. The van der Waals surface area contributed by atoms with Crippen LogP contribution in [0.2, 0.25) is 0 Å². The zero-order valence-electron chi connectivity index (χ0n) is 12.5. The van der Waals surface area contributed by atoms with Gasteiger partial charge in [0.15, 0.2) is 15.9 Å². The molecule has 0 aliphatic heterocycles. The number of nitrogens with zero attached hydrogens (tertiary/aromatic N) is 3. The van der Waals surface area contributed by atoms with Crippen molar-refractivity contribution in [3.05, 3.63) is 49.5 Å². The van der Waals surface area contributed by atoms with Gasteiger partial charge >= 0.3 is 0 Å². The molecule has 0 radical (unpaired) electrons. The van der Waals surface area contributed by atoms with E-state index in [9.17, 15) is 14.9 Å². The van der Waals surface area contributed by atoms with Crippen molar-refractivity contribution < 1.29 is 4.92 Å². The second kappa shape index (κ2) is 5.38. The minimum absolute atomic E-state index is 0.0145. The third kappa shape index (κ3) is 2.52. The Labute approximate surface area is 140 Å². The van der Waals surface area contributed by atoms with Crippen LogP contribution in [0.25, 0.3) is 22.6 Å². The van der Waals surface area contributed by atoms with Crippen LogP contribution in [0.3, 0.4) is 0 Å². The van der Waals surface area contributed by atoms with Crippen molar-refractivity contribution in [2.75, 3.05) is 0 Å². The predicted molar refractivity (Wildman–Crippen MR) is 90.4 cm³/mol. The van der Waals surface area contributed by atoms with Crippen LogP contribution >= 0.6 is 12.2 Å². The molecule has 1 aliphatic carbocycles. The summed E-state index contributed by atoms with van der Waals surface area (Å²) in [6, 6.07) is 6.26. The van der Waals surface area contributed by atoms with Gasteiger partial charge in [-0.1, -0.05) is 12.1 Å². The molecule has 0 unspecified atom stereocenters. The van der Waals surface area contributed by atoms with Crippen LogP contribution in [0, 0.1) is 20.8 Å². The highest BCUT2D eigenvalue weighted by atomic mass is 32.1. The van der Waals surface area contributed by atoms with Gasteiger partial charge in [0.25, 0.3) is 11.2 Å². The monoisotopic (exact) mass is 343 g/mol. The first-order chi connectivity index (χ1) is 11.5. The SMILES string of the molecule is O=c1[nH]c(=S)[nH]c2nc(-c3cccc([N+](=O)[O-])c3)n(CC3CC3)c12. The van der Waals surface area contributed by atoms with Gasteiger partial charge in [-0.2, -0.15) is 0 Å². The van der Waals surface area contributed by atoms with Gasteiger partial charge < -0.3 is 9.55 Å². The lowest BCUT2D eigenvalue weighted by atomic mass is 10.2. The summed E-state index contributed by atoms with van der Waals surface area (Å²) >= 11 is 5.00. The standard InChI is InChI=1S/C15H13N5O3S/c21-14-11-12(17-15(24)18-14)16-13(19(11)7-8-4-5-8)9-2-1-3-10(6-9)20(22)23/h1-3,6,8H,4-5,7H2,(H2,17,18,21,24). The van der Waals surface area contributed by atoms with E-state index in [0.717, 1.165) is 12.8 Å². The van der Waals surface area contributed by atoms with E-state index in [4.69, 9.17) is 12.2 Å². The third-order valence-corrected chi connectivity index (χ3v) is 4.30. The maximum absolute atomic E-state index is 12.3. The molecule has 2 heterocycles. The summed E-state index contributed by atoms with van der Waals surface area (Å²) < 4.78 is 2.03.